The van der Waals surface area contributed by atoms with Crippen LogP contribution in [-0.2, 0) is 0 Å². The van der Waals surface area contributed by atoms with Crippen LogP contribution in [0.4, 0.5) is 0 Å². The zero-order valence-corrected chi connectivity index (χ0v) is 9.39. The van der Waals surface area contributed by atoms with E-state index in [9.17, 15) is 0 Å². The second kappa shape index (κ2) is 5.13. The summed E-state index contributed by atoms with van der Waals surface area (Å²) in [4.78, 5) is 0. The standard InChI is InChI=1S/C12H24N2/c1-10(14-9-11-5-6-11)8-12-4-2-3-7-13-12/h10-14H,2-9H2,1H3. The minimum atomic E-state index is 0.700. The second-order valence-electron chi connectivity index (χ2n) is 5.14. The highest BCUT2D eigenvalue weighted by molar-refractivity contribution is 4.80. The summed E-state index contributed by atoms with van der Waals surface area (Å²) in [5.74, 6) is 1.01. The van der Waals surface area contributed by atoms with Crippen molar-refractivity contribution in [1.29, 1.82) is 0 Å². The fourth-order valence-corrected chi connectivity index (χ4v) is 2.33. The molecule has 2 heteroatoms. The second-order valence-corrected chi connectivity index (χ2v) is 5.14. The third kappa shape index (κ3) is 3.58. The molecule has 1 aliphatic carbocycles. The average Bonchev–Trinajstić information content (AvgIpc) is 3.00. The van der Waals surface area contributed by atoms with Crippen molar-refractivity contribution < 1.29 is 0 Å². The van der Waals surface area contributed by atoms with Gasteiger partial charge in [0.1, 0.15) is 0 Å². The Morgan fingerprint density at radius 2 is 2.14 bits per heavy atom. The Morgan fingerprint density at radius 3 is 2.79 bits per heavy atom. The number of hydrogen-bond donors (Lipinski definition) is 2. The molecule has 1 saturated heterocycles. The lowest BCUT2D eigenvalue weighted by molar-refractivity contribution is 0.343. The maximum absolute atomic E-state index is 3.65. The van der Waals surface area contributed by atoms with Crippen LogP contribution in [0.2, 0.25) is 0 Å². The first kappa shape index (κ1) is 10.4. The van der Waals surface area contributed by atoms with Gasteiger partial charge in [-0.05, 0) is 58.0 Å². The van der Waals surface area contributed by atoms with Crippen LogP contribution >= 0.6 is 0 Å². The first-order chi connectivity index (χ1) is 6.84. The molecule has 0 aromatic heterocycles. The van der Waals surface area contributed by atoms with Crippen LogP contribution in [0.1, 0.15) is 45.4 Å². The molecular formula is C12H24N2. The first-order valence-electron chi connectivity index (χ1n) is 6.31. The highest BCUT2D eigenvalue weighted by atomic mass is 15.0. The Kier molecular flexibility index (Phi) is 3.82. The van der Waals surface area contributed by atoms with E-state index in [4.69, 9.17) is 0 Å². The Labute approximate surface area is 87.8 Å². The summed E-state index contributed by atoms with van der Waals surface area (Å²) in [5, 5.41) is 7.27. The zero-order chi connectivity index (χ0) is 9.80. The molecular weight excluding hydrogens is 172 g/mol. The normalized spacial score (nSPS) is 30.2. The SMILES string of the molecule is CC(CC1CCCCN1)NCC1CC1. The summed E-state index contributed by atoms with van der Waals surface area (Å²) in [7, 11) is 0. The molecule has 0 aromatic rings. The Hall–Kier alpha value is -0.0800. The molecule has 0 aromatic carbocycles. The van der Waals surface area contributed by atoms with E-state index in [-0.39, 0.29) is 0 Å². The Bertz CT molecular complexity index is 160. The third-order valence-corrected chi connectivity index (χ3v) is 3.50. The molecule has 0 bridgehead atoms. The van der Waals surface area contributed by atoms with Gasteiger partial charge in [-0.2, -0.15) is 0 Å². The van der Waals surface area contributed by atoms with E-state index in [0.29, 0.717) is 6.04 Å². The number of piperidine rings is 1. The van der Waals surface area contributed by atoms with E-state index < -0.39 is 0 Å². The van der Waals surface area contributed by atoms with Crippen LogP contribution in [0.3, 0.4) is 0 Å². The smallest absolute Gasteiger partial charge is 0.00817 e. The number of hydrogen-bond acceptors (Lipinski definition) is 2. The van der Waals surface area contributed by atoms with E-state index in [1.807, 2.05) is 0 Å². The van der Waals surface area contributed by atoms with E-state index in [0.717, 1.165) is 12.0 Å². The lowest BCUT2D eigenvalue weighted by Crippen LogP contribution is -2.40. The van der Waals surface area contributed by atoms with Crippen LogP contribution in [-0.4, -0.2) is 25.2 Å². The molecule has 1 saturated carbocycles. The summed E-state index contributed by atoms with van der Waals surface area (Å²) < 4.78 is 0. The predicted octanol–water partition coefficient (Wildman–Crippen LogP) is 1.91. The van der Waals surface area contributed by atoms with Crippen molar-refractivity contribution in [3.63, 3.8) is 0 Å². The van der Waals surface area contributed by atoms with Crippen molar-refractivity contribution in [3.8, 4) is 0 Å². The molecule has 2 rings (SSSR count). The van der Waals surface area contributed by atoms with Crippen LogP contribution < -0.4 is 10.6 Å². The molecule has 0 spiro atoms. The highest BCUT2D eigenvalue weighted by Gasteiger charge is 2.22. The van der Waals surface area contributed by atoms with Crippen LogP contribution in [0.15, 0.2) is 0 Å². The molecule has 2 aliphatic rings. The van der Waals surface area contributed by atoms with Crippen LogP contribution in [0, 0.1) is 5.92 Å². The fourth-order valence-electron chi connectivity index (χ4n) is 2.33. The topological polar surface area (TPSA) is 24.1 Å². The summed E-state index contributed by atoms with van der Waals surface area (Å²) in [6.45, 7) is 4.83. The summed E-state index contributed by atoms with van der Waals surface area (Å²) in [5.41, 5.74) is 0. The predicted molar refractivity (Wildman–Crippen MR) is 60.4 cm³/mol. The van der Waals surface area contributed by atoms with Gasteiger partial charge in [0, 0.05) is 12.1 Å². The highest BCUT2D eigenvalue weighted by Crippen LogP contribution is 2.27. The van der Waals surface area contributed by atoms with Gasteiger partial charge in [-0.1, -0.05) is 6.42 Å². The van der Waals surface area contributed by atoms with Gasteiger partial charge in [0.05, 0.1) is 0 Å². The van der Waals surface area contributed by atoms with E-state index in [2.05, 4.69) is 17.6 Å². The summed E-state index contributed by atoms with van der Waals surface area (Å²) in [6.07, 6.45) is 8.42. The number of nitrogens with one attached hydrogen (secondary N) is 2. The minimum absolute atomic E-state index is 0.700. The average molecular weight is 196 g/mol. The molecule has 2 N–H and O–H groups in total. The molecule has 14 heavy (non-hydrogen) atoms. The largest absolute Gasteiger partial charge is 0.314 e. The van der Waals surface area contributed by atoms with Crippen molar-refractivity contribution in [3.05, 3.63) is 0 Å². The van der Waals surface area contributed by atoms with Crippen molar-refractivity contribution in [2.75, 3.05) is 13.1 Å². The van der Waals surface area contributed by atoms with Gasteiger partial charge in [-0.25, -0.2) is 0 Å². The van der Waals surface area contributed by atoms with Gasteiger partial charge >= 0.3 is 0 Å². The summed E-state index contributed by atoms with van der Waals surface area (Å²) >= 11 is 0. The monoisotopic (exact) mass is 196 g/mol. The van der Waals surface area contributed by atoms with E-state index in [1.54, 1.807) is 0 Å². The molecule has 2 nitrogen and oxygen atoms in total. The molecule has 0 amide bonds. The molecule has 82 valence electrons. The maximum Gasteiger partial charge on any atom is 0.00817 e. The Morgan fingerprint density at radius 1 is 1.29 bits per heavy atom. The molecule has 1 aliphatic heterocycles. The van der Waals surface area contributed by atoms with Crippen molar-refractivity contribution in [2.45, 2.75) is 57.5 Å². The lowest BCUT2D eigenvalue weighted by atomic mass is 9.99. The van der Waals surface area contributed by atoms with E-state index >= 15 is 0 Å². The van der Waals surface area contributed by atoms with Gasteiger partial charge in [0.2, 0.25) is 0 Å². The molecule has 2 unspecified atom stereocenters. The fraction of sp³-hybridized carbons (Fsp3) is 1.00. The van der Waals surface area contributed by atoms with Crippen molar-refractivity contribution >= 4 is 0 Å². The van der Waals surface area contributed by atoms with Crippen LogP contribution in [0.5, 0.6) is 0 Å². The van der Waals surface area contributed by atoms with E-state index in [1.165, 1.54) is 51.6 Å². The third-order valence-electron chi connectivity index (χ3n) is 3.50. The lowest BCUT2D eigenvalue weighted by Gasteiger charge is -2.26. The minimum Gasteiger partial charge on any atom is -0.314 e. The van der Waals surface area contributed by atoms with Crippen molar-refractivity contribution in [1.82, 2.24) is 10.6 Å². The Balaban J connectivity index is 1.57. The van der Waals surface area contributed by atoms with Crippen molar-refractivity contribution in [2.24, 2.45) is 5.92 Å². The van der Waals surface area contributed by atoms with Crippen LogP contribution in [0.25, 0.3) is 0 Å². The maximum atomic E-state index is 3.65. The quantitative estimate of drug-likeness (QED) is 0.702. The molecule has 2 atom stereocenters. The molecule has 1 heterocycles. The molecule has 0 radical (unpaired) electrons. The first-order valence-corrected chi connectivity index (χ1v) is 6.31. The van der Waals surface area contributed by atoms with Gasteiger partial charge in [-0.15, -0.1) is 0 Å². The van der Waals surface area contributed by atoms with Gasteiger partial charge in [0.15, 0.2) is 0 Å². The summed E-state index contributed by atoms with van der Waals surface area (Å²) in [6, 6.07) is 1.48. The van der Waals surface area contributed by atoms with Gasteiger partial charge in [-0.3, -0.25) is 0 Å². The van der Waals surface area contributed by atoms with Gasteiger partial charge < -0.3 is 10.6 Å². The van der Waals surface area contributed by atoms with Gasteiger partial charge in [0.25, 0.3) is 0 Å². The number of rotatable bonds is 5. The zero-order valence-electron chi connectivity index (χ0n) is 9.39. The molecule has 2 fully saturated rings.